The summed E-state index contributed by atoms with van der Waals surface area (Å²) in [6, 6.07) is 0. The fraction of sp³-hybridized carbons (Fsp3) is 0.917. The molecule has 2 aliphatic rings. The summed E-state index contributed by atoms with van der Waals surface area (Å²) in [5.74, 6) is 1.21. The molecule has 15 heavy (non-hydrogen) atoms. The lowest BCUT2D eigenvalue weighted by molar-refractivity contribution is -0.143. The number of carbonyl (C=O) groups is 1. The van der Waals surface area contributed by atoms with Crippen LogP contribution in [0.5, 0.6) is 0 Å². The minimum Gasteiger partial charge on any atom is -0.481 e. The lowest BCUT2D eigenvalue weighted by Crippen LogP contribution is -2.45. The first-order chi connectivity index (χ1) is 6.96. The van der Waals surface area contributed by atoms with Crippen molar-refractivity contribution in [3.8, 4) is 0 Å². The van der Waals surface area contributed by atoms with E-state index in [0.717, 1.165) is 12.8 Å². The zero-order valence-corrected chi connectivity index (χ0v) is 10.4. The van der Waals surface area contributed by atoms with Gasteiger partial charge in [0, 0.05) is 4.75 Å². The van der Waals surface area contributed by atoms with Crippen LogP contribution >= 0.6 is 11.8 Å². The number of carboxylic acid groups (broad SMARTS) is 1. The highest BCUT2D eigenvalue weighted by Crippen LogP contribution is 2.60. The van der Waals surface area contributed by atoms with Crippen molar-refractivity contribution in [3.63, 3.8) is 0 Å². The molecule has 0 amide bonds. The van der Waals surface area contributed by atoms with Gasteiger partial charge in [0.05, 0.1) is 6.42 Å². The van der Waals surface area contributed by atoms with Crippen LogP contribution < -0.4 is 0 Å². The van der Waals surface area contributed by atoms with Gasteiger partial charge < -0.3 is 5.11 Å². The molecule has 86 valence electrons. The third-order valence-corrected chi connectivity index (χ3v) is 5.78. The lowest BCUT2D eigenvalue weighted by atomic mass is 9.56. The summed E-state index contributed by atoms with van der Waals surface area (Å²) in [4.78, 5) is 11.0. The maximum absolute atomic E-state index is 11.0. The Labute approximate surface area is 95.8 Å². The number of carboxylic acids is 1. The van der Waals surface area contributed by atoms with E-state index in [2.05, 4.69) is 13.8 Å². The molecular formula is C12H20O2S. The molecule has 0 aromatic heterocycles. The maximum atomic E-state index is 11.0. The number of thioether (sulfide) groups is 1. The second kappa shape index (κ2) is 3.69. The minimum absolute atomic E-state index is 0.138. The highest BCUT2D eigenvalue weighted by atomic mass is 32.2. The Bertz CT molecular complexity index is 269. The average Bonchev–Trinajstić information content (AvgIpc) is 2.38. The van der Waals surface area contributed by atoms with E-state index in [1.54, 1.807) is 0 Å². The van der Waals surface area contributed by atoms with E-state index >= 15 is 0 Å². The largest absolute Gasteiger partial charge is 0.481 e. The monoisotopic (exact) mass is 228 g/mol. The van der Waals surface area contributed by atoms with Crippen LogP contribution in [0.15, 0.2) is 0 Å². The van der Waals surface area contributed by atoms with E-state index in [9.17, 15) is 4.79 Å². The Balaban J connectivity index is 2.15. The molecule has 0 aromatic carbocycles. The lowest BCUT2D eigenvalue weighted by Gasteiger charge is -2.50. The summed E-state index contributed by atoms with van der Waals surface area (Å²) < 4.78 is 0.288. The molecule has 2 fully saturated rings. The van der Waals surface area contributed by atoms with Crippen LogP contribution in [-0.4, -0.2) is 21.6 Å². The van der Waals surface area contributed by atoms with Crippen LogP contribution in [0.4, 0.5) is 0 Å². The maximum Gasteiger partial charge on any atom is 0.303 e. The van der Waals surface area contributed by atoms with Gasteiger partial charge >= 0.3 is 5.97 Å². The first-order valence-electron chi connectivity index (χ1n) is 5.82. The summed E-state index contributed by atoms with van der Waals surface area (Å²) in [6.07, 6.45) is 5.10. The van der Waals surface area contributed by atoms with Crippen molar-refractivity contribution in [2.75, 3.05) is 5.75 Å². The van der Waals surface area contributed by atoms with E-state index < -0.39 is 5.97 Å². The van der Waals surface area contributed by atoms with E-state index in [1.807, 2.05) is 11.8 Å². The van der Waals surface area contributed by atoms with Crippen LogP contribution in [0.3, 0.4) is 0 Å². The topological polar surface area (TPSA) is 37.3 Å². The van der Waals surface area contributed by atoms with Crippen LogP contribution in [-0.2, 0) is 4.79 Å². The normalized spacial score (nSPS) is 32.3. The Morgan fingerprint density at radius 1 is 1.47 bits per heavy atom. The van der Waals surface area contributed by atoms with Crippen molar-refractivity contribution < 1.29 is 9.90 Å². The molecule has 1 atom stereocenters. The van der Waals surface area contributed by atoms with Crippen molar-refractivity contribution in [1.82, 2.24) is 0 Å². The first-order valence-corrected chi connectivity index (χ1v) is 6.81. The molecule has 1 aliphatic heterocycles. The standard InChI is InChI=1S/C12H20O2S/c1-11(2)9(4-7-15-11)12(5-3-6-12)8-10(13)14/h9H,3-8H2,1-2H3,(H,13,14). The van der Waals surface area contributed by atoms with Gasteiger partial charge in [-0.05, 0) is 36.3 Å². The van der Waals surface area contributed by atoms with Gasteiger partial charge in [0.1, 0.15) is 0 Å². The fourth-order valence-electron chi connectivity index (χ4n) is 3.51. The van der Waals surface area contributed by atoms with Gasteiger partial charge in [0.25, 0.3) is 0 Å². The molecule has 1 aliphatic carbocycles. The van der Waals surface area contributed by atoms with Crippen molar-refractivity contribution in [1.29, 1.82) is 0 Å². The van der Waals surface area contributed by atoms with Gasteiger partial charge in [-0.15, -0.1) is 0 Å². The highest BCUT2D eigenvalue weighted by Gasteiger charge is 2.53. The quantitative estimate of drug-likeness (QED) is 0.806. The Hall–Kier alpha value is -0.180. The van der Waals surface area contributed by atoms with Crippen LogP contribution in [0, 0.1) is 11.3 Å². The Morgan fingerprint density at radius 3 is 2.47 bits per heavy atom. The predicted molar refractivity (Wildman–Crippen MR) is 63.2 cm³/mol. The minimum atomic E-state index is -0.609. The summed E-state index contributed by atoms with van der Waals surface area (Å²) >= 11 is 2.02. The van der Waals surface area contributed by atoms with Crippen molar-refractivity contribution >= 4 is 17.7 Å². The Morgan fingerprint density at radius 2 is 2.13 bits per heavy atom. The fourth-order valence-corrected chi connectivity index (χ4v) is 4.96. The van der Waals surface area contributed by atoms with E-state index in [4.69, 9.17) is 5.11 Å². The third-order valence-electron chi connectivity index (χ3n) is 4.31. The molecule has 2 nitrogen and oxygen atoms in total. The van der Waals surface area contributed by atoms with Gasteiger partial charge in [-0.3, -0.25) is 4.79 Å². The zero-order valence-electron chi connectivity index (χ0n) is 9.58. The molecule has 0 bridgehead atoms. The SMILES string of the molecule is CC1(C)SCCC1C1(CC(=O)O)CCC1. The number of rotatable bonds is 3. The van der Waals surface area contributed by atoms with Crippen molar-refractivity contribution in [2.24, 2.45) is 11.3 Å². The van der Waals surface area contributed by atoms with Crippen LogP contribution in [0.25, 0.3) is 0 Å². The number of aliphatic carboxylic acids is 1. The smallest absolute Gasteiger partial charge is 0.303 e. The van der Waals surface area contributed by atoms with Gasteiger partial charge in [0.2, 0.25) is 0 Å². The second-order valence-corrected chi connectivity index (χ2v) is 7.33. The van der Waals surface area contributed by atoms with E-state index in [-0.39, 0.29) is 10.2 Å². The molecule has 0 radical (unpaired) electrons. The van der Waals surface area contributed by atoms with E-state index in [0.29, 0.717) is 12.3 Å². The molecule has 0 aromatic rings. The molecule has 1 saturated carbocycles. The third kappa shape index (κ3) is 1.91. The summed E-state index contributed by atoms with van der Waals surface area (Å²) in [5.41, 5.74) is 0.138. The van der Waals surface area contributed by atoms with Gasteiger partial charge in [-0.2, -0.15) is 11.8 Å². The predicted octanol–water partition coefficient (Wildman–Crippen LogP) is 3.16. The Kier molecular flexibility index (Phi) is 2.78. The first kappa shape index (κ1) is 11.3. The molecule has 1 saturated heterocycles. The van der Waals surface area contributed by atoms with E-state index in [1.165, 1.54) is 18.6 Å². The van der Waals surface area contributed by atoms with Crippen LogP contribution in [0.2, 0.25) is 0 Å². The molecular weight excluding hydrogens is 208 g/mol. The molecule has 2 rings (SSSR count). The van der Waals surface area contributed by atoms with Gasteiger partial charge in [0.15, 0.2) is 0 Å². The molecule has 1 unspecified atom stereocenters. The van der Waals surface area contributed by atoms with Gasteiger partial charge in [-0.25, -0.2) is 0 Å². The second-order valence-electron chi connectivity index (χ2n) is 5.58. The van der Waals surface area contributed by atoms with Gasteiger partial charge in [-0.1, -0.05) is 20.3 Å². The summed E-state index contributed by atoms with van der Waals surface area (Å²) in [7, 11) is 0. The molecule has 3 heteroatoms. The number of hydrogen-bond acceptors (Lipinski definition) is 2. The summed E-state index contributed by atoms with van der Waals surface area (Å²) in [5, 5.41) is 9.04. The molecule has 1 heterocycles. The molecule has 0 spiro atoms. The van der Waals surface area contributed by atoms with Crippen molar-refractivity contribution in [3.05, 3.63) is 0 Å². The van der Waals surface area contributed by atoms with Crippen LogP contribution in [0.1, 0.15) is 46.0 Å². The highest BCUT2D eigenvalue weighted by molar-refractivity contribution is 8.00. The molecule has 1 N–H and O–H groups in total. The average molecular weight is 228 g/mol. The zero-order chi connectivity index (χ0) is 11.1. The number of hydrogen-bond donors (Lipinski definition) is 1. The summed E-state index contributed by atoms with van der Waals surface area (Å²) in [6.45, 7) is 4.58. The van der Waals surface area contributed by atoms with Crippen molar-refractivity contribution in [2.45, 2.75) is 50.7 Å².